The highest BCUT2D eigenvalue weighted by atomic mass is 32.1. The maximum absolute atomic E-state index is 12.0. The second-order valence-corrected chi connectivity index (χ2v) is 6.56. The molecule has 0 fully saturated rings. The first-order valence-electron chi connectivity index (χ1n) is 6.54. The van der Waals surface area contributed by atoms with E-state index in [4.69, 9.17) is 0 Å². The number of carbonyl (C=O) groups excluding carboxylic acids is 1. The molecule has 0 aliphatic heterocycles. The summed E-state index contributed by atoms with van der Waals surface area (Å²) in [5.74, 6) is -0.0254. The van der Waals surface area contributed by atoms with E-state index in [2.05, 4.69) is 10.3 Å². The van der Waals surface area contributed by atoms with Gasteiger partial charge in [-0.1, -0.05) is 6.07 Å². The summed E-state index contributed by atoms with van der Waals surface area (Å²) in [7, 11) is 0. The van der Waals surface area contributed by atoms with E-state index in [9.17, 15) is 4.79 Å². The van der Waals surface area contributed by atoms with E-state index >= 15 is 0 Å². The Morgan fingerprint density at radius 3 is 2.90 bits per heavy atom. The molecular weight excluding hydrogens is 300 g/mol. The van der Waals surface area contributed by atoms with E-state index in [1.165, 1.54) is 11.3 Å². The molecule has 1 N–H and O–H groups in total. The number of aryl methyl sites for hydroxylation is 1. The molecule has 0 aliphatic rings. The molecule has 5 heteroatoms. The molecule has 0 saturated carbocycles. The molecule has 0 unspecified atom stereocenters. The Bertz CT molecular complexity index is 747. The molecule has 3 aromatic rings. The maximum atomic E-state index is 12.0. The molecule has 0 aromatic carbocycles. The van der Waals surface area contributed by atoms with Gasteiger partial charge in [0.25, 0.3) is 5.91 Å². The molecule has 0 spiro atoms. The fourth-order valence-electron chi connectivity index (χ4n) is 1.96. The molecule has 0 bridgehead atoms. The quantitative estimate of drug-likeness (QED) is 0.787. The summed E-state index contributed by atoms with van der Waals surface area (Å²) in [5.41, 5.74) is 3.12. The first-order chi connectivity index (χ1) is 10.2. The van der Waals surface area contributed by atoms with Crippen molar-refractivity contribution in [3.05, 3.63) is 63.3 Å². The molecule has 0 saturated heterocycles. The van der Waals surface area contributed by atoms with Crippen LogP contribution in [0, 0.1) is 6.92 Å². The average molecular weight is 314 g/mol. The summed E-state index contributed by atoms with van der Waals surface area (Å²) < 4.78 is 0. The average Bonchev–Trinajstić information content (AvgIpc) is 3.16. The Morgan fingerprint density at radius 2 is 2.19 bits per heavy atom. The normalized spacial score (nSPS) is 10.5. The highest BCUT2D eigenvalue weighted by molar-refractivity contribution is 7.13. The van der Waals surface area contributed by atoms with E-state index in [-0.39, 0.29) is 5.91 Å². The van der Waals surface area contributed by atoms with Crippen molar-refractivity contribution in [1.29, 1.82) is 0 Å². The van der Waals surface area contributed by atoms with Crippen LogP contribution in [0.5, 0.6) is 0 Å². The van der Waals surface area contributed by atoms with E-state index in [0.29, 0.717) is 6.54 Å². The molecule has 0 radical (unpaired) electrons. The van der Waals surface area contributed by atoms with Crippen LogP contribution >= 0.6 is 22.7 Å². The van der Waals surface area contributed by atoms with E-state index < -0.39 is 0 Å². The van der Waals surface area contributed by atoms with Crippen molar-refractivity contribution in [3.63, 3.8) is 0 Å². The number of hydrogen-bond donors (Lipinski definition) is 1. The van der Waals surface area contributed by atoms with E-state index in [0.717, 1.165) is 26.6 Å². The largest absolute Gasteiger partial charge is 0.347 e. The third-order valence-corrected chi connectivity index (χ3v) is 4.94. The first kappa shape index (κ1) is 14.0. The van der Waals surface area contributed by atoms with Gasteiger partial charge in [0.1, 0.15) is 0 Å². The zero-order valence-electron chi connectivity index (χ0n) is 11.5. The van der Waals surface area contributed by atoms with Crippen molar-refractivity contribution in [1.82, 2.24) is 10.3 Å². The highest BCUT2D eigenvalue weighted by Gasteiger charge is 2.08. The predicted molar refractivity (Wildman–Crippen MR) is 87.8 cm³/mol. The topological polar surface area (TPSA) is 42.0 Å². The summed E-state index contributed by atoms with van der Waals surface area (Å²) >= 11 is 3.13. The van der Waals surface area contributed by atoms with Gasteiger partial charge in [-0.15, -0.1) is 22.7 Å². The number of rotatable bonds is 4. The van der Waals surface area contributed by atoms with Gasteiger partial charge in [0.2, 0.25) is 0 Å². The molecule has 106 valence electrons. The third kappa shape index (κ3) is 3.37. The van der Waals surface area contributed by atoms with Crippen LogP contribution in [0.1, 0.15) is 20.8 Å². The molecule has 3 nitrogen and oxygen atoms in total. The summed E-state index contributed by atoms with van der Waals surface area (Å²) in [6.07, 6.45) is 1.78. The standard InChI is InChI=1S/C16H14N2OS2/c1-11-7-15(21-10-11)16(19)18-9-12-4-5-17-13(8-12)14-3-2-6-20-14/h2-8,10H,9H2,1H3,(H,18,19). The lowest BCUT2D eigenvalue weighted by Crippen LogP contribution is -2.21. The number of carbonyl (C=O) groups is 1. The van der Waals surface area contributed by atoms with Crippen molar-refractivity contribution in [2.45, 2.75) is 13.5 Å². The van der Waals surface area contributed by atoms with Crippen LogP contribution in [0.3, 0.4) is 0 Å². The number of nitrogens with zero attached hydrogens (tertiary/aromatic N) is 1. The minimum Gasteiger partial charge on any atom is -0.347 e. The molecule has 1 amide bonds. The molecule has 0 atom stereocenters. The number of amides is 1. The predicted octanol–water partition coefficient (Wildman–Crippen LogP) is 4.11. The Balaban J connectivity index is 1.68. The fraction of sp³-hybridized carbons (Fsp3) is 0.125. The van der Waals surface area contributed by atoms with Crippen LogP contribution in [0.4, 0.5) is 0 Å². The summed E-state index contributed by atoms with van der Waals surface area (Å²) in [5, 5.41) is 6.96. The summed E-state index contributed by atoms with van der Waals surface area (Å²) in [6.45, 7) is 2.50. The highest BCUT2D eigenvalue weighted by Crippen LogP contribution is 2.23. The van der Waals surface area contributed by atoms with Crippen molar-refractivity contribution < 1.29 is 4.79 Å². The van der Waals surface area contributed by atoms with Crippen LogP contribution in [0.15, 0.2) is 47.3 Å². The zero-order chi connectivity index (χ0) is 14.7. The van der Waals surface area contributed by atoms with Gasteiger partial charge >= 0.3 is 0 Å². The molecule has 0 aliphatic carbocycles. The number of pyridine rings is 1. The van der Waals surface area contributed by atoms with E-state index in [1.54, 1.807) is 17.5 Å². The smallest absolute Gasteiger partial charge is 0.261 e. The third-order valence-electron chi connectivity index (χ3n) is 3.01. The van der Waals surface area contributed by atoms with Crippen LogP contribution in [-0.2, 0) is 6.54 Å². The number of aromatic nitrogens is 1. The minimum atomic E-state index is -0.0254. The van der Waals surface area contributed by atoms with Gasteiger partial charge in [-0.2, -0.15) is 0 Å². The van der Waals surface area contributed by atoms with Crippen LogP contribution in [-0.4, -0.2) is 10.9 Å². The lowest BCUT2D eigenvalue weighted by atomic mass is 10.2. The van der Waals surface area contributed by atoms with Crippen LogP contribution < -0.4 is 5.32 Å². The maximum Gasteiger partial charge on any atom is 0.261 e. The van der Waals surface area contributed by atoms with E-state index in [1.807, 2.05) is 48.0 Å². The minimum absolute atomic E-state index is 0.0254. The molecule has 3 aromatic heterocycles. The molecule has 3 heterocycles. The number of nitrogens with one attached hydrogen (secondary N) is 1. The summed E-state index contributed by atoms with van der Waals surface area (Å²) in [4.78, 5) is 18.3. The number of hydrogen-bond acceptors (Lipinski definition) is 4. The Labute approximate surface area is 131 Å². The molecule has 21 heavy (non-hydrogen) atoms. The lowest BCUT2D eigenvalue weighted by molar-refractivity contribution is 0.0955. The second kappa shape index (κ2) is 6.20. The first-order valence-corrected chi connectivity index (χ1v) is 8.30. The number of thiophene rings is 2. The van der Waals surface area contributed by atoms with Gasteiger partial charge in [-0.25, -0.2) is 0 Å². The Morgan fingerprint density at radius 1 is 1.29 bits per heavy atom. The Kier molecular flexibility index (Phi) is 4.13. The van der Waals surface area contributed by atoms with Gasteiger partial charge in [0, 0.05) is 12.7 Å². The van der Waals surface area contributed by atoms with Gasteiger partial charge in [0.15, 0.2) is 0 Å². The fourth-order valence-corrected chi connectivity index (χ4v) is 3.47. The molecule has 3 rings (SSSR count). The van der Waals surface area contributed by atoms with Crippen molar-refractivity contribution in [3.8, 4) is 10.6 Å². The van der Waals surface area contributed by atoms with Crippen molar-refractivity contribution in [2.24, 2.45) is 0 Å². The summed E-state index contributed by atoms with van der Waals surface area (Å²) in [6, 6.07) is 9.91. The van der Waals surface area contributed by atoms with Crippen LogP contribution in [0.2, 0.25) is 0 Å². The van der Waals surface area contributed by atoms with Crippen LogP contribution in [0.25, 0.3) is 10.6 Å². The monoisotopic (exact) mass is 314 g/mol. The van der Waals surface area contributed by atoms with Gasteiger partial charge in [-0.05, 0) is 53.1 Å². The van der Waals surface area contributed by atoms with Crippen molar-refractivity contribution in [2.75, 3.05) is 0 Å². The van der Waals surface area contributed by atoms with Gasteiger partial charge in [-0.3, -0.25) is 9.78 Å². The Hall–Kier alpha value is -1.98. The second-order valence-electron chi connectivity index (χ2n) is 4.70. The van der Waals surface area contributed by atoms with Gasteiger partial charge < -0.3 is 5.32 Å². The van der Waals surface area contributed by atoms with Gasteiger partial charge in [0.05, 0.1) is 15.4 Å². The zero-order valence-corrected chi connectivity index (χ0v) is 13.1. The molecular formula is C16H14N2OS2. The SMILES string of the molecule is Cc1csc(C(=O)NCc2ccnc(-c3cccs3)c2)c1. The lowest BCUT2D eigenvalue weighted by Gasteiger charge is -2.05. The van der Waals surface area contributed by atoms with Crippen molar-refractivity contribution >= 4 is 28.6 Å².